The predicted molar refractivity (Wildman–Crippen MR) is 127 cm³/mol. The van der Waals surface area contributed by atoms with Gasteiger partial charge in [-0.1, -0.05) is 108 Å². The first kappa shape index (κ1) is 25.4. The number of hydrogen-bond acceptors (Lipinski definition) is 7. The number of unbranched alkanes of at least 4 members (excludes halogenated alkanes) is 14. The Morgan fingerprint density at radius 2 is 1.35 bits per heavy atom. The Labute approximate surface area is 190 Å². The summed E-state index contributed by atoms with van der Waals surface area (Å²) in [5, 5.41) is 20.0. The van der Waals surface area contributed by atoms with E-state index in [1.54, 1.807) is 6.92 Å². The fourth-order valence-corrected chi connectivity index (χ4v) is 4.32. The van der Waals surface area contributed by atoms with Crippen LogP contribution in [0.15, 0.2) is 19.5 Å². The first-order valence-electron chi connectivity index (χ1n) is 12.1. The summed E-state index contributed by atoms with van der Waals surface area (Å²) in [7, 11) is 0. The third-order valence-corrected chi connectivity index (χ3v) is 6.40. The highest BCUT2D eigenvalue weighted by Crippen LogP contribution is 2.23. The molecule has 0 saturated carbocycles. The second kappa shape index (κ2) is 15.9. The summed E-state index contributed by atoms with van der Waals surface area (Å²) in [6.45, 7) is 3.99. The van der Waals surface area contributed by atoms with Gasteiger partial charge in [0.2, 0.25) is 0 Å². The van der Waals surface area contributed by atoms with E-state index in [1.807, 2.05) is 0 Å². The maximum Gasteiger partial charge on any atom is 0.384 e. The summed E-state index contributed by atoms with van der Waals surface area (Å²) < 4.78 is 4.66. The van der Waals surface area contributed by atoms with E-state index in [-0.39, 0.29) is 5.69 Å². The maximum atomic E-state index is 11.5. The normalized spacial score (nSPS) is 11.7. The SMILES string of the molecule is CCCCCCCCCCCCCCCCCc1nnc(N=Nc2c(C)[nH]oc2=O)s1. The van der Waals surface area contributed by atoms with Gasteiger partial charge < -0.3 is 4.52 Å². The second-order valence-electron chi connectivity index (χ2n) is 8.34. The van der Waals surface area contributed by atoms with Crippen LogP contribution in [0.4, 0.5) is 10.8 Å². The van der Waals surface area contributed by atoms with Crippen LogP contribution in [0.2, 0.25) is 0 Å². The Balaban J connectivity index is 1.43. The summed E-state index contributed by atoms with van der Waals surface area (Å²) >= 11 is 1.43. The van der Waals surface area contributed by atoms with Crippen LogP contribution >= 0.6 is 11.3 Å². The van der Waals surface area contributed by atoms with Gasteiger partial charge in [-0.2, -0.15) is 0 Å². The van der Waals surface area contributed by atoms with Crippen molar-refractivity contribution >= 4 is 22.2 Å². The van der Waals surface area contributed by atoms with E-state index in [4.69, 9.17) is 0 Å². The van der Waals surface area contributed by atoms with Crippen LogP contribution in [0.25, 0.3) is 0 Å². The van der Waals surface area contributed by atoms with Crippen LogP contribution in [-0.2, 0) is 6.42 Å². The molecule has 0 aliphatic heterocycles. The molecule has 8 heteroatoms. The zero-order valence-electron chi connectivity index (χ0n) is 19.3. The van der Waals surface area contributed by atoms with Crippen LogP contribution in [0, 0.1) is 6.92 Å². The summed E-state index contributed by atoms with van der Waals surface area (Å²) in [4.78, 5) is 11.5. The molecule has 31 heavy (non-hydrogen) atoms. The van der Waals surface area contributed by atoms with Crippen molar-refractivity contribution in [2.24, 2.45) is 10.2 Å². The van der Waals surface area contributed by atoms with Crippen LogP contribution < -0.4 is 5.63 Å². The van der Waals surface area contributed by atoms with Crippen LogP contribution in [0.3, 0.4) is 0 Å². The molecule has 7 nitrogen and oxygen atoms in total. The molecule has 0 bridgehead atoms. The Kier molecular flexibility index (Phi) is 13.0. The summed E-state index contributed by atoms with van der Waals surface area (Å²) in [5.74, 6) is 0. The van der Waals surface area contributed by atoms with Gasteiger partial charge in [0.15, 0.2) is 5.69 Å². The third kappa shape index (κ3) is 10.8. The monoisotopic (exact) mass is 449 g/mol. The number of aromatic amines is 1. The molecule has 0 atom stereocenters. The molecule has 2 rings (SSSR count). The minimum atomic E-state index is -0.524. The topological polar surface area (TPSA) is 96.5 Å². The number of nitrogens with zero attached hydrogens (tertiary/aromatic N) is 4. The molecular weight excluding hydrogens is 410 g/mol. The Bertz CT molecular complexity index is 796. The van der Waals surface area contributed by atoms with Crippen molar-refractivity contribution in [1.29, 1.82) is 0 Å². The first-order chi connectivity index (χ1) is 15.2. The van der Waals surface area contributed by atoms with Gasteiger partial charge in [-0.3, -0.25) is 0 Å². The van der Waals surface area contributed by atoms with Gasteiger partial charge in [0, 0.05) is 6.42 Å². The minimum Gasteiger partial charge on any atom is -0.336 e. The van der Waals surface area contributed by atoms with E-state index in [2.05, 4.69) is 37.0 Å². The zero-order valence-corrected chi connectivity index (χ0v) is 20.1. The van der Waals surface area contributed by atoms with Crippen molar-refractivity contribution in [2.75, 3.05) is 0 Å². The Morgan fingerprint density at radius 1 is 0.806 bits per heavy atom. The molecule has 174 valence electrons. The fraction of sp³-hybridized carbons (Fsp3) is 0.783. The number of hydrogen-bond donors (Lipinski definition) is 1. The number of aryl methyl sites for hydroxylation is 2. The largest absolute Gasteiger partial charge is 0.384 e. The van der Waals surface area contributed by atoms with E-state index in [0.29, 0.717) is 10.8 Å². The van der Waals surface area contributed by atoms with Crippen LogP contribution in [0.1, 0.15) is 114 Å². The molecule has 0 fully saturated rings. The molecule has 0 saturated heterocycles. The van der Waals surface area contributed by atoms with Crippen molar-refractivity contribution in [3.63, 3.8) is 0 Å². The molecule has 0 spiro atoms. The quantitative estimate of drug-likeness (QED) is 0.184. The average molecular weight is 450 g/mol. The third-order valence-electron chi connectivity index (χ3n) is 5.53. The second-order valence-corrected chi connectivity index (χ2v) is 9.38. The summed E-state index contributed by atoms with van der Waals surface area (Å²) in [5.41, 5.74) is 0.208. The molecule has 0 amide bonds. The van der Waals surface area contributed by atoms with E-state index < -0.39 is 5.63 Å². The van der Waals surface area contributed by atoms with Gasteiger partial charge in [-0.15, -0.1) is 20.4 Å². The highest BCUT2D eigenvalue weighted by molar-refractivity contribution is 7.14. The number of aromatic nitrogens is 3. The number of nitrogens with one attached hydrogen (secondary N) is 1. The van der Waals surface area contributed by atoms with Gasteiger partial charge in [0.25, 0.3) is 5.13 Å². The van der Waals surface area contributed by atoms with Crippen molar-refractivity contribution in [3.05, 3.63) is 21.1 Å². The van der Waals surface area contributed by atoms with Crippen molar-refractivity contribution in [3.8, 4) is 0 Å². The maximum absolute atomic E-state index is 11.5. The van der Waals surface area contributed by atoms with Crippen LogP contribution in [0.5, 0.6) is 0 Å². The highest BCUT2D eigenvalue weighted by Gasteiger charge is 2.08. The molecule has 2 heterocycles. The molecule has 0 aliphatic rings. The number of rotatable bonds is 18. The molecule has 0 radical (unpaired) electrons. The van der Waals surface area contributed by atoms with E-state index >= 15 is 0 Å². The molecule has 0 aromatic carbocycles. The predicted octanol–water partition coefficient (Wildman–Crippen LogP) is 7.96. The smallest absolute Gasteiger partial charge is 0.336 e. The molecule has 0 unspecified atom stereocenters. The standard InChI is InChI=1S/C23H39N5O2S/c1-3-4-5-6-7-8-9-10-11-12-13-14-15-16-17-18-20-24-26-23(31-20)27-25-21-19(2)28-30-22(21)29/h28H,3-18H2,1-2H3. The van der Waals surface area contributed by atoms with Crippen molar-refractivity contribution in [1.82, 2.24) is 15.4 Å². The van der Waals surface area contributed by atoms with Gasteiger partial charge in [0.05, 0.1) is 5.69 Å². The zero-order chi connectivity index (χ0) is 22.2. The lowest BCUT2D eigenvalue weighted by Crippen LogP contribution is -1.89. The molecular formula is C23H39N5O2S. The van der Waals surface area contributed by atoms with Crippen LogP contribution in [-0.4, -0.2) is 15.4 Å². The van der Waals surface area contributed by atoms with Crippen molar-refractivity contribution < 1.29 is 4.52 Å². The van der Waals surface area contributed by atoms with Gasteiger partial charge in [-0.25, -0.2) is 9.95 Å². The van der Waals surface area contributed by atoms with E-state index in [0.717, 1.165) is 17.8 Å². The lowest BCUT2D eigenvalue weighted by atomic mass is 10.0. The fourth-order valence-electron chi connectivity index (χ4n) is 3.61. The molecule has 0 aliphatic carbocycles. The van der Waals surface area contributed by atoms with Gasteiger partial charge >= 0.3 is 5.63 Å². The van der Waals surface area contributed by atoms with E-state index in [1.165, 1.54) is 101 Å². The van der Waals surface area contributed by atoms with Gasteiger partial charge in [-0.05, 0) is 13.3 Å². The Hall–Kier alpha value is -1.83. The highest BCUT2D eigenvalue weighted by atomic mass is 32.1. The number of H-pyrrole nitrogens is 1. The lowest BCUT2D eigenvalue weighted by Gasteiger charge is -2.03. The molecule has 2 aromatic heterocycles. The van der Waals surface area contributed by atoms with Crippen molar-refractivity contribution in [2.45, 2.75) is 117 Å². The number of azo groups is 1. The average Bonchev–Trinajstić information content (AvgIpc) is 3.35. The molecule has 2 aromatic rings. The minimum absolute atomic E-state index is 0.180. The van der Waals surface area contributed by atoms with E-state index in [9.17, 15) is 4.79 Å². The lowest BCUT2D eigenvalue weighted by molar-refractivity contribution is 0.388. The first-order valence-corrected chi connectivity index (χ1v) is 12.9. The molecule has 1 N–H and O–H groups in total. The Morgan fingerprint density at radius 3 is 1.87 bits per heavy atom. The summed E-state index contributed by atoms with van der Waals surface area (Å²) in [6.07, 6.45) is 21.4. The van der Waals surface area contributed by atoms with Gasteiger partial charge in [0.1, 0.15) is 5.01 Å². The summed E-state index contributed by atoms with van der Waals surface area (Å²) in [6, 6.07) is 0.